The van der Waals surface area contributed by atoms with E-state index in [-0.39, 0.29) is 22.8 Å². The lowest BCUT2D eigenvalue weighted by molar-refractivity contribution is -0.178. The highest BCUT2D eigenvalue weighted by molar-refractivity contribution is 8.18. The molecule has 0 saturated carbocycles. The molecule has 156 valence electrons. The van der Waals surface area contributed by atoms with E-state index >= 15 is 0 Å². The molecular weight excluding hydrogens is 382 g/mol. The van der Waals surface area contributed by atoms with Crippen molar-refractivity contribution >= 4 is 29.5 Å². The highest BCUT2D eigenvalue weighted by atomic mass is 32.2. The van der Waals surface area contributed by atoms with Gasteiger partial charge in [0.15, 0.2) is 6.10 Å². The van der Waals surface area contributed by atoms with Crippen LogP contribution in [0.15, 0.2) is 12.2 Å². The second kappa shape index (κ2) is 12.4. The second-order valence-electron chi connectivity index (χ2n) is 7.08. The first-order chi connectivity index (χ1) is 13.2. The molecule has 0 radical (unpaired) electrons. The molecule has 5 nitrogen and oxygen atoms in total. The summed E-state index contributed by atoms with van der Waals surface area (Å²) in [6, 6.07) is 0. The van der Waals surface area contributed by atoms with Crippen molar-refractivity contribution in [1.82, 2.24) is 0 Å². The first-order valence-corrected chi connectivity index (χ1v) is 12.1. The van der Waals surface area contributed by atoms with Gasteiger partial charge >= 0.3 is 5.97 Å². The molecule has 3 atom stereocenters. The number of thioether (sulfide) groups is 2. The lowest BCUT2D eigenvalue weighted by Gasteiger charge is -2.49. The summed E-state index contributed by atoms with van der Waals surface area (Å²) in [7, 11) is 1.70. The number of rotatable bonds is 10. The maximum atomic E-state index is 11.9. The Morgan fingerprint density at radius 2 is 2.00 bits per heavy atom. The second-order valence-corrected chi connectivity index (χ2v) is 10.2. The third kappa shape index (κ3) is 6.67. The molecule has 2 aliphatic heterocycles. The van der Waals surface area contributed by atoms with Gasteiger partial charge in [0.25, 0.3) is 0 Å². The van der Waals surface area contributed by atoms with Gasteiger partial charge in [-0.2, -0.15) is 0 Å². The number of esters is 1. The van der Waals surface area contributed by atoms with Crippen molar-refractivity contribution in [2.45, 2.75) is 74.3 Å². The third-order valence-corrected chi connectivity index (χ3v) is 8.37. The number of carbonyl (C=O) groups excluding carboxylic acids is 1. The van der Waals surface area contributed by atoms with Crippen LogP contribution in [0, 0.1) is 0 Å². The summed E-state index contributed by atoms with van der Waals surface area (Å²) in [6.07, 6.45) is 11.7. The lowest BCUT2D eigenvalue weighted by Crippen LogP contribution is -2.60. The summed E-state index contributed by atoms with van der Waals surface area (Å²) in [5.41, 5.74) is 5.49. The molecule has 0 bridgehead atoms. The van der Waals surface area contributed by atoms with Crippen LogP contribution in [0.1, 0.15) is 51.9 Å². The number of hydrogen-bond donors (Lipinski definition) is 1. The summed E-state index contributed by atoms with van der Waals surface area (Å²) < 4.78 is 17.5. The Labute approximate surface area is 172 Å². The summed E-state index contributed by atoms with van der Waals surface area (Å²) in [4.78, 5) is 11.9. The molecule has 0 aromatic rings. The number of carbonyl (C=O) groups is 1. The maximum Gasteiger partial charge on any atom is 0.320 e. The molecule has 27 heavy (non-hydrogen) atoms. The topological polar surface area (TPSA) is 70.8 Å². The monoisotopic (exact) mass is 417 g/mol. The zero-order valence-corrected chi connectivity index (χ0v) is 18.3. The molecule has 0 aromatic carbocycles. The van der Waals surface area contributed by atoms with Crippen molar-refractivity contribution < 1.29 is 19.0 Å². The fraction of sp³-hybridized carbons (Fsp3) is 0.850. The van der Waals surface area contributed by atoms with Gasteiger partial charge in [-0.05, 0) is 30.8 Å². The highest BCUT2D eigenvalue weighted by Crippen LogP contribution is 2.50. The number of unbranched alkanes of at least 4 members (excludes halogenated alkanes) is 5. The Balaban J connectivity index is 2.01. The third-order valence-electron chi connectivity index (χ3n) is 5.00. The van der Waals surface area contributed by atoms with E-state index in [0.29, 0.717) is 6.61 Å². The highest BCUT2D eigenvalue weighted by Gasteiger charge is 2.53. The Morgan fingerprint density at radius 3 is 2.67 bits per heavy atom. The van der Waals surface area contributed by atoms with E-state index in [2.05, 4.69) is 13.0 Å². The van der Waals surface area contributed by atoms with Gasteiger partial charge in [0, 0.05) is 7.11 Å². The average molecular weight is 418 g/mol. The van der Waals surface area contributed by atoms with E-state index in [9.17, 15) is 4.79 Å². The van der Waals surface area contributed by atoms with E-state index in [1.54, 1.807) is 7.11 Å². The SMILES string of the molecule is CCCCCCCC=C[C@@H]1OCC2(SCCCS2)[C@H](OC)[C@@H]1OC(=O)CN. The van der Waals surface area contributed by atoms with Gasteiger partial charge in [-0.1, -0.05) is 44.8 Å². The molecule has 2 saturated heterocycles. The molecule has 2 N–H and O–H groups in total. The summed E-state index contributed by atoms with van der Waals surface area (Å²) in [5, 5.41) is 0. The molecular formula is C20H35NO4S2. The quantitative estimate of drug-likeness (QED) is 0.330. The minimum Gasteiger partial charge on any atom is -0.455 e. The Kier molecular flexibility index (Phi) is 10.6. The Hall–Kier alpha value is -0.210. The smallest absolute Gasteiger partial charge is 0.320 e. The number of hydrogen-bond acceptors (Lipinski definition) is 7. The molecule has 0 aliphatic carbocycles. The fourth-order valence-corrected chi connectivity index (χ4v) is 6.93. The zero-order chi connectivity index (χ0) is 19.5. The Morgan fingerprint density at radius 1 is 1.26 bits per heavy atom. The zero-order valence-electron chi connectivity index (χ0n) is 16.7. The van der Waals surface area contributed by atoms with E-state index in [1.165, 1.54) is 38.5 Å². The van der Waals surface area contributed by atoms with Crippen LogP contribution in [0.3, 0.4) is 0 Å². The van der Waals surface area contributed by atoms with Gasteiger partial charge in [0.2, 0.25) is 0 Å². The molecule has 0 amide bonds. The fourth-order valence-electron chi connectivity index (χ4n) is 3.55. The molecule has 2 fully saturated rings. The number of nitrogens with two attached hydrogens (primary N) is 1. The van der Waals surface area contributed by atoms with Gasteiger partial charge in [0.05, 0.1) is 13.2 Å². The van der Waals surface area contributed by atoms with Crippen molar-refractivity contribution in [3.05, 3.63) is 12.2 Å². The minimum atomic E-state index is -0.464. The predicted octanol–water partition coefficient (Wildman–Crippen LogP) is 3.75. The van der Waals surface area contributed by atoms with Crippen LogP contribution in [0.5, 0.6) is 0 Å². The first-order valence-electron chi connectivity index (χ1n) is 10.2. The standard InChI is InChI=1S/C20H35NO4S2/c1-3-4-5-6-7-8-9-11-16-18(25-17(22)14-21)19(23-2)20(15-24-16)26-12-10-13-27-20/h9,11,16,18-19H,3-8,10,12-15,21H2,1-2H3/t16-,18+,19+/m0/s1. The van der Waals surface area contributed by atoms with Crippen LogP contribution in [0.4, 0.5) is 0 Å². The molecule has 2 aliphatic rings. The maximum absolute atomic E-state index is 11.9. The molecule has 0 aromatic heterocycles. The van der Waals surface area contributed by atoms with E-state index in [0.717, 1.165) is 17.9 Å². The van der Waals surface area contributed by atoms with Gasteiger partial charge in [-0.25, -0.2) is 0 Å². The van der Waals surface area contributed by atoms with Gasteiger partial charge in [-0.15, -0.1) is 23.5 Å². The number of ether oxygens (including phenoxy) is 3. The van der Waals surface area contributed by atoms with Crippen molar-refractivity contribution in [3.8, 4) is 0 Å². The molecule has 2 rings (SSSR count). The van der Waals surface area contributed by atoms with Crippen LogP contribution in [0.2, 0.25) is 0 Å². The first kappa shape index (κ1) is 23.1. The van der Waals surface area contributed by atoms with Crippen LogP contribution in [0.25, 0.3) is 0 Å². The van der Waals surface area contributed by atoms with E-state index in [1.807, 2.05) is 29.6 Å². The molecule has 7 heteroatoms. The van der Waals surface area contributed by atoms with Crippen molar-refractivity contribution in [3.63, 3.8) is 0 Å². The molecule has 2 heterocycles. The predicted molar refractivity (Wildman–Crippen MR) is 114 cm³/mol. The minimum absolute atomic E-state index is 0.131. The summed E-state index contributed by atoms with van der Waals surface area (Å²) in [5.74, 6) is 1.74. The molecule has 0 unspecified atom stereocenters. The van der Waals surface area contributed by atoms with Crippen molar-refractivity contribution in [1.29, 1.82) is 0 Å². The average Bonchev–Trinajstić information content (AvgIpc) is 2.69. The molecule has 1 spiro atoms. The Bertz CT molecular complexity index is 469. The largest absolute Gasteiger partial charge is 0.455 e. The van der Waals surface area contributed by atoms with Crippen LogP contribution in [-0.4, -0.2) is 60.1 Å². The van der Waals surface area contributed by atoms with Gasteiger partial charge in [0.1, 0.15) is 16.3 Å². The van der Waals surface area contributed by atoms with Crippen molar-refractivity contribution in [2.75, 3.05) is 31.8 Å². The van der Waals surface area contributed by atoms with E-state index < -0.39 is 12.1 Å². The van der Waals surface area contributed by atoms with Crippen LogP contribution < -0.4 is 5.73 Å². The van der Waals surface area contributed by atoms with Crippen LogP contribution in [-0.2, 0) is 19.0 Å². The van der Waals surface area contributed by atoms with E-state index in [4.69, 9.17) is 19.9 Å². The number of allylic oxidation sites excluding steroid dienone is 1. The number of methoxy groups -OCH3 is 1. The summed E-state index contributed by atoms with van der Waals surface area (Å²) in [6.45, 7) is 2.70. The van der Waals surface area contributed by atoms with Gasteiger partial charge in [-0.3, -0.25) is 4.79 Å². The van der Waals surface area contributed by atoms with Crippen molar-refractivity contribution in [2.24, 2.45) is 5.73 Å². The lowest BCUT2D eigenvalue weighted by atomic mass is 9.99. The summed E-state index contributed by atoms with van der Waals surface area (Å²) >= 11 is 3.73. The van der Waals surface area contributed by atoms with Gasteiger partial charge < -0.3 is 19.9 Å². The normalized spacial score (nSPS) is 27.9. The van der Waals surface area contributed by atoms with Crippen LogP contribution >= 0.6 is 23.5 Å².